The van der Waals surface area contributed by atoms with Crippen LogP contribution in [0.1, 0.15) is 10.5 Å². The van der Waals surface area contributed by atoms with Crippen molar-refractivity contribution in [3.05, 3.63) is 22.2 Å². The van der Waals surface area contributed by atoms with Crippen molar-refractivity contribution in [3.63, 3.8) is 0 Å². The monoisotopic (exact) mass is 220 g/mol. The third kappa shape index (κ3) is 1.63. The topological polar surface area (TPSA) is 90.9 Å². The van der Waals surface area contributed by atoms with Crippen LogP contribution in [0.25, 0.3) is 10.8 Å². The van der Waals surface area contributed by atoms with Crippen molar-refractivity contribution in [2.45, 2.75) is 0 Å². The summed E-state index contributed by atoms with van der Waals surface area (Å²) < 4.78 is 0.472. The van der Waals surface area contributed by atoms with E-state index in [4.69, 9.17) is 29.4 Å². The largest absolute Gasteiger partial charge is 0.364 e. The van der Waals surface area contributed by atoms with Gasteiger partial charge in [0.2, 0.25) is 0 Å². The van der Waals surface area contributed by atoms with Crippen LogP contribution >= 0.6 is 0 Å². The molecular formula is C8H3B3N4O2. The Hall–Kier alpha value is -2.05. The first-order valence-corrected chi connectivity index (χ1v) is 4.45. The van der Waals surface area contributed by atoms with Gasteiger partial charge in [0.05, 0.1) is 5.39 Å². The number of aromatic nitrogens is 3. The van der Waals surface area contributed by atoms with Crippen molar-refractivity contribution in [2.24, 2.45) is 5.73 Å². The van der Waals surface area contributed by atoms with Crippen LogP contribution in [-0.2, 0) is 0 Å². The lowest BCUT2D eigenvalue weighted by atomic mass is 9.87. The van der Waals surface area contributed by atoms with Crippen LogP contribution in [0.2, 0.25) is 0 Å². The fraction of sp³-hybridized carbons (Fsp3) is 0. The molecule has 2 aromatic rings. The standard InChI is InChI=1S/C8H3B3N4O2/c9-2-1-13-6(10)4-3(2)5(7(12)16)14-15(11)8(4)17/h1H,(H2,12,16). The van der Waals surface area contributed by atoms with E-state index in [-0.39, 0.29) is 27.5 Å². The van der Waals surface area contributed by atoms with Crippen molar-refractivity contribution in [2.75, 3.05) is 0 Å². The predicted octanol–water partition coefficient (Wildman–Crippen LogP) is -3.59. The Bertz CT molecular complexity index is 697. The Labute approximate surface area is 99.5 Å². The van der Waals surface area contributed by atoms with E-state index in [0.29, 0.717) is 4.59 Å². The van der Waals surface area contributed by atoms with Gasteiger partial charge in [-0.1, -0.05) is 5.46 Å². The molecule has 0 aliphatic heterocycles. The van der Waals surface area contributed by atoms with Crippen LogP contribution in [0, 0.1) is 0 Å². The fourth-order valence-electron chi connectivity index (χ4n) is 1.50. The Morgan fingerprint density at radius 3 is 2.59 bits per heavy atom. The number of nitrogens with two attached hydrogens (primary N) is 1. The van der Waals surface area contributed by atoms with Gasteiger partial charge in [0, 0.05) is 17.2 Å². The van der Waals surface area contributed by atoms with Crippen molar-refractivity contribution in [1.29, 1.82) is 0 Å². The molecule has 0 spiro atoms. The molecule has 2 N–H and O–H groups in total. The molecule has 6 radical (unpaired) electrons. The fourth-order valence-corrected chi connectivity index (χ4v) is 1.50. The number of nitrogens with zero attached hydrogens (tertiary/aromatic N) is 3. The number of carbonyl (C=O) groups excluding carboxylic acids is 1. The highest BCUT2D eigenvalue weighted by Gasteiger charge is 2.16. The molecule has 0 aliphatic carbocycles. The Balaban J connectivity index is 3.15. The second-order valence-corrected chi connectivity index (χ2v) is 3.31. The third-order valence-electron chi connectivity index (χ3n) is 2.24. The maximum absolute atomic E-state index is 11.7. The summed E-state index contributed by atoms with van der Waals surface area (Å²) in [6.07, 6.45) is 1.21. The van der Waals surface area contributed by atoms with Gasteiger partial charge in [-0.2, -0.15) is 5.10 Å². The highest BCUT2D eigenvalue weighted by Crippen LogP contribution is 2.06. The van der Waals surface area contributed by atoms with Gasteiger partial charge in [0.25, 0.3) is 19.4 Å². The Morgan fingerprint density at radius 1 is 1.35 bits per heavy atom. The van der Waals surface area contributed by atoms with Crippen LogP contribution < -0.4 is 22.3 Å². The molecule has 0 aromatic carbocycles. The van der Waals surface area contributed by atoms with Crippen LogP contribution in [0.5, 0.6) is 0 Å². The van der Waals surface area contributed by atoms with Gasteiger partial charge in [0.1, 0.15) is 15.7 Å². The van der Waals surface area contributed by atoms with Gasteiger partial charge in [-0.15, -0.1) is 0 Å². The number of primary amides is 1. The molecular weight excluding hydrogens is 217 g/mol. The van der Waals surface area contributed by atoms with E-state index in [2.05, 4.69) is 10.1 Å². The number of carbonyl (C=O) groups is 1. The lowest BCUT2D eigenvalue weighted by Crippen LogP contribution is -2.34. The minimum atomic E-state index is -0.869. The summed E-state index contributed by atoms with van der Waals surface area (Å²) in [5.41, 5.74) is 4.18. The van der Waals surface area contributed by atoms with Crippen LogP contribution in [0.4, 0.5) is 0 Å². The van der Waals surface area contributed by atoms with E-state index in [9.17, 15) is 9.59 Å². The van der Waals surface area contributed by atoms with Crippen molar-refractivity contribution < 1.29 is 4.79 Å². The minimum absolute atomic E-state index is 0.0664. The molecule has 17 heavy (non-hydrogen) atoms. The average Bonchev–Trinajstić information content (AvgIpc) is 2.26. The lowest BCUT2D eigenvalue weighted by molar-refractivity contribution is 0.0996. The summed E-state index contributed by atoms with van der Waals surface area (Å²) in [5.74, 6) is -0.869. The Morgan fingerprint density at radius 2 is 2.00 bits per heavy atom. The molecule has 0 saturated carbocycles. The maximum Gasteiger partial charge on any atom is 0.269 e. The molecule has 1 amide bonds. The maximum atomic E-state index is 11.7. The normalized spacial score (nSPS) is 10.6. The second-order valence-electron chi connectivity index (χ2n) is 3.31. The molecule has 0 fully saturated rings. The molecule has 0 aliphatic rings. The number of fused-ring (bicyclic) bond motifs is 1. The zero-order valence-corrected chi connectivity index (χ0v) is 8.54. The molecule has 2 aromatic heterocycles. The highest BCUT2D eigenvalue weighted by molar-refractivity contribution is 6.44. The third-order valence-corrected chi connectivity index (χ3v) is 2.24. The number of hydrogen-bond donors (Lipinski definition) is 1. The van der Waals surface area contributed by atoms with Crippen molar-refractivity contribution in [1.82, 2.24) is 14.7 Å². The summed E-state index contributed by atoms with van der Waals surface area (Å²) in [6, 6.07) is 0. The lowest BCUT2D eigenvalue weighted by Gasteiger charge is -2.10. The van der Waals surface area contributed by atoms with Gasteiger partial charge in [-0.3, -0.25) is 19.2 Å². The van der Waals surface area contributed by atoms with Gasteiger partial charge < -0.3 is 5.73 Å². The molecule has 0 unspecified atom stereocenters. The molecule has 0 bridgehead atoms. The van der Waals surface area contributed by atoms with E-state index < -0.39 is 11.5 Å². The van der Waals surface area contributed by atoms with Gasteiger partial charge in [0.15, 0.2) is 5.69 Å². The van der Waals surface area contributed by atoms with Gasteiger partial charge in [-0.25, -0.2) is 0 Å². The van der Waals surface area contributed by atoms with E-state index >= 15 is 0 Å². The first kappa shape index (κ1) is 11.4. The van der Waals surface area contributed by atoms with Gasteiger partial charge in [-0.05, 0) is 0 Å². The number of amides is 1. The summed E-state index contributed by atoms with van der Waals surface area (Å²) >= 11 is 0. The first-order valence-electron chi connectivity index (χ1n) is 4.45. The Kier molecular flexibility index (Phi) is 2.53. The van der Waals surface area contributed by atoms with Crippen LogP contribution in [-0.4, -0.2) is 44.3 Å². The second kappa shape index (κ2) is 3.76. The number of hydrogen-bond acceptors (Lipinski definition) is 4. The quantitative estimate of drug-likeness (QED) is 0.502. The summed E-state index contributed by atoms with van der Waals surface area (Å²) in [5, 5.41) is 3.54. The number of rotatable bonds is 1. The summed E-state index contributed by atoms with van der Waals surface area (Å²) in [4.78, 5) is 26.7. The predicted molar refractivity (Wildman–Crippen MR) is 64.2 cm³/mol. The summed E-state index contributed by atoms with van der Waals surface area (Å²) in [7, 11) is 16.5. The molecule has 2 rings (SSSR count). The van der Waals surface area contributed by atoms with Crippen LogP contribution in [0.15, 0.2) is 11.0 Å². The first-order chi connectivity index (χ1) is 7.93. The highest BCUT2D eigenvalue weighted by atomic mass is 16.1. The molecule has 9 heteroatoms. The molecule has 0 saturated heterocycles. The van der Waals surface area contributed by atoms with E-state index in [1.54, 1.807) is 0 Å². The molecule has 2 heterocycles. The zero-order valence-electron chi connectivity index (χ0n) is 8.54. The summed E-state index contributed by atoms with van der Waals surface area (Å²) in [6.45, 7) is 0. The number of pyridine rings is 1. The van der Waals surface area contributed by atoms with Gasteiger partial charge >= 0.3 is 0 Å². The average molecular weight is 220 g/mol. The van der Waals surface area contributed by atoms with Crippen molar-refractivity contribution in [3.8, 4) is 0 Å². The van der Waals surface area contributed by atoms with E-state index in [0.717, 1.165) is 0 Å². The molecule has 6 nitrogen and oxygen atoms in total. The van der Waals surface area contributed by atoms with Crippen LogP contribution in [0.3, 0.4) is 0 Å². The minimum Gasteiger partial charge on any atom is -0.364 e. The molecule has 0 atom stereocenters. The van der Waals surface area contributed by atoms with Crippen molar-refractivity contribution >= 4 is 51.4 Å². The zero-order chi connectivity index (χ0) is 12.7. The SMILES string of the molecule is [B]c1cnc([B])c2c(=O)n([B])nc(C(N)=O)c12. The smallest absolute Gasteiger partial charge is 0.269 e. The van der Waals surface area contributed by atoms with E-state index in [1.807, 2.05) is 0 Å². The molecule has 76 valence electrons. The van der Waals surface area contributed by atoms with E-state index in [1.165, 1.54) is 6.20 Å².